The van der Waals surface area contributed by atoms with Crippen LogP contribution in [0.2, 0.25) is 0 Å². The van der Waals surface area contributed by atoms with Gasteiger partial charge in [0.05, 0.1) is 138 Å². The number of carbonyl (C=O) groups is 5. The summed E-state index contributed by atoms with van der Waals surface area (Å²) in [6.45, 7) is 43.9. The third-order valence-electron chi connectivity index (χ3n) is 22.0. The van der Waals surface area contributed by atoms with Gasteiger partial charge in [-0.15, -0.1) is 0 Å². The monoisotopic (exact) mass is 1910 g/mol. The van der Waals surface area contributed by atoms with Crippen molar-refractivity contribution in [3.8, 4) is 0 Å². The molecule has 30 heteroatoms. The summed E-state index contributed by atoms with van der Waals surface area (Å²) in [4.78, 5) is 82.5. The van der Waals surface area contributed by atoms with E-state index in [9.17, 15) is 37.2 Å². The van der Waals surface area contributed by atoms with Crippen molar-refractivity contribution >= 4 is 95.0 Å². The number of azo groups is 1. The Morgan fingerprint density at radius 3 is 1.60 bits per heavy atom. The molecule has 0 saturated heterocycles. The lowest BCUT2D eigenvalue weighted by molar-refractivity contribution is -0.401. The van der Waals surface area contributed by atoms with Gasteiger partial charge >= 0.3 is 0 Å². The third kappa shape index (κ3) is 37.4. The van der Waals surface area contributed by atoms with Gasteiger partial charge in [0.15, 0.2) is 38.6 Å². The second kappa shape index (κ2) is 56.3. The van der Waals surface area contributed by atoms with Gasteiger partial charge in [-0.05, 0) is 159 Å². The van der Waals surface area contributed by atoms with E-state index in [4.69, 9.17) is 37.9 Å². The highest BCUT2D eigenvalue weighted by molar-refractivity contribution is 7.91. The number of allylic oxidation sites excluding steroid dienone is 6. The number of Topliss-reactive ketones (excluding diaryl/α,β-unsaturated/α-hetero) is 5. The minimum Gasteiger partial charge on any atom is -1.00 e. The molecule has 6 aromatic carbocycles. The smallest absolute Gasteiger partial charge is 0.278 e. The van der Waals surface area contributed by atoms with Gasteiger partial charge in [0, 0.05) is 120 Å². The number of nitrogens with one attached hydrogen (secondary N) is 2. The number of carbonyl (C=O) groups excluding carboxylic acids is 5. The second-order valence-electron chi connectivity index (χ2n) is 38.2. The summed E-state index contributed by atoms with van der Waals surface area (Å²) in [7, 11) is 2.67. The number of para-hydroxylation sites is 4. The number of anilines is 2. The minimum absolute atomic E-state index is 0. The molecule has 0 amide bonds. The highest BCUT2D eigenvalue weighted by Crippen LogP contribution is 2.48. The maximum Gasteiger partial charge on any atom is 0.278 e. The zero-order chi connectivity index (χ0) is 98.9. The van der Waals surface area contributed by atoms with E-state index < -0.39 is 20.8 Å². The van der Waals surface area contributed by atoms with E-state index in [2.05, 4.69) is 168 Å². The van der Waals surface area contributed by atoms with Crippen molar-refractivity contribution in [1.82, 2.24) is 30.5 Å². The van der Waals surface area contributed by atoms with Gasteiger partial charge in [-0.1, -0.05) is 177 Å². The van der Waals surface area contributed by atoms with Gasteiger partial charge in [0.25, 0.3) is 5.56 Å². The van der Waals surface area contributed by atoms with Crippen molar-refractivity contribution in [2.75, 3.05) is 149 Å². The molecule has 0 bridgehead atoms. The number of aromatic amines is 2. The number of hydrogen-bond acceptors (Lipinski definition) is 25. The van der Waals surface area contributed by atoms with Crippen LogP contribution < -0.4 is 27.8 Å². The van der Waals surface area contributed by atoms with Gasteiger partial charge in [0.1, 0.15) is 35.3 Å². The number of ether oxygens (including phenoxy) is 8. The molecule has 0 unspecified atom stereocenters. The van der Waals surface area contributed by atoms with E-state index in [1.165, 1.54) is 33.9 Å². The molecule has 740 valence electrons. The Morgan fingerprint density at radius 1 is 0.551 bits per heavy atom. The Kier molecular flexibility index (Phi) is 47.3. The fraction of sp³-hybridized carbons (Fsp3) is 0.500. The molecule has 0 saturated carbocycles. The van der Waals surface area contributed by atoms with Crippen LogP contribution in [0.4, 0.5) is 28.4 Å². The first kappa shape index (κ1) is 114. The lowest BCUT2D eigenvalue weighted by atomic mass is 9.81. The molecule has 11 rings (SSSR count). The van der Waals surface area contributed by atoms with Crippen molar-refractivity contribution in [3.63, 3.8) is 0 Å². The van der Waals surface area contributed by atoms with E-state index in [0.717, 1.165) is 37.2 Å². The van der Waals surface area contributed by atoms with Crippen molar-refractivity contribution in [2.24, 2.45) is 38.3 Å². The second-order valence-corrected chi connectivity index (χ2v) is 40.4. The first-order chi connectivity index (χ1) is 64.0. The van der Waals surface area contributed by atoms with Gasteiger partial charge in [-0.25, -0.2) is 18.0 Å². The molecule has 2 aliphatic heterocycles. The number of H-pyrrole nitrogens is 2. The fourth-order valence-electron chi connectivity index (χ4n) is 14.4. The molecular weight excluding hydrogens is 1770 g/mol. The van der Waals surface area contributed by atoms with Gasteiger partial charge in [-0.2, -0.15) is 19.9 Å². The number of hydrogen-bond donors (Lipinski definition) is 2. The molecule has 5 heterocycles. The van der Waals surface area contributed by atoms with Crippen LogP contribution in [0.15, 0.2) is 206 Å². The van der Waals surface area contributed by atoms with Crippen LogP contribution in [0, 0.1) is 35.0 Å². The van der Waals surface area contributed by atoms with Gasteiger partial charge < -0.3 is 65.1 Å². The molecule has 3 aromatic heterocycles. The number of ketones is 5. The fourth-order valence-corrected chi connectivity index (χ4v) is 15.7. The van der Waals surface area contributed by atoms with Crippen molar-refractivity contribution in [1.29, 1.82) is 0 Å². The SMILES string of the molecule is CC(C)(C)C(=O)c1ccc2nonc2c1.CC(C)(C)C(=O)c1nc2ccccc2[nH]c1=O.CC(C)C(=O)CCCCCN1C(=CC=CC=CC2=[N+](C)c3ccccc3C2(C)C)C(C)(C)c2ccccc21.CC(C)CC(=O)CCOCCOCCOCCOCCOCCOCCOCCOCCCS(=O)(=O)c1ccc(N=Nc2ccc(N(C)C)cc2)cc1.Cc1cc(C(=O)C(C)(C)C)n[nH]1.[Cl-]. The van der Waals surface area contributed by atoms with E-state index in [0.29, 0.717) is 188 Å². The molecule has 0 atom stereocenters. The first-order valence-electron chi connectivity index (χ1n) is 46.7. The van der Waals surface area contributed by atoms with Gasteiger partial charge in [-0.3, -0.25) is 33.9 Å². The van der Waals surface area contributed by atoms with Crippen LogP contribution in [0.3, 0.4) is 0 Å². The maximum absolute atomic E-state index is 12.7. The van der Waals surface area contributed by atoms with Crippen molar-refractivity contribution < 1.29 is 91.9 Å². The Morgan fingerprint density at radius 2 is 1.07 bits per heavy atom. The number of fused-ring (bicyclic) bond motifs is 4. The minimum atomic E-state index is -3.43. The molecule has 0 aliphatic carbocycles. The van der Waals surface area contributed by atoms with Gasteiger partial charge in [0.2, 0.25) is 5.69 Å². The number of nitrogens with zero attached hydrogens (tertiary/aromatic N) is 9. The average molecular weight is 1910 g/mol. The van der Waals surface area contributed by atoms with Crippen LogP contribution in [-0.4, -0.2) is 217 Å². The summed E-state index contributed by atoms with van der Waals surface area (Å²) in [6, 6.07) is 45.7. The van der Waals surface area contributed by atoms with E-state index >= 15 is 0 Å². The largest absolute Gasteiger partial charge is 1.00 e. The lowest BCUT2D eigenvalue weighted by Gasteiger charge is -2.27. The molecular formula is C106H146ClN11O17S. The van der Waals surface area contributed by atoms with E-state index in [1.807, 2.05) is 132 Å². The number of benzene rings is 6. The average Bonchev–Trinajstić information content (AvgIpc) is 1.60. The lowest BCUT2D eigenvalue weighted by Crippen LogP contribution is -3.00. The summed E-state index contributed by atoms with van der Waals surface area (Å²) in [5.41, 5.74) is 13.1. The Balaban J connectivity index is 0.000000292. The van der Waals surface area contributed by atoms with E-state index in [1.54, 1.807) is 81.4 Å². The predicted octanol–water partition coefficient (Wildman–Crippen LogP) is 17.3. The van der Waals surface area contributed by atoms with Crippen LogP contribution in [0.1, 0.15) is 211 Å². The zero-order valence-corrected chi connectivity index (χ0v) is 85.4. The Hall–Kier alpha value is -10.6. The maximum atomic E-state index is 12.7. The Labute approximate surface area is 811 Å². The van der Waals surface area contributed by atoms with E-state index in [-0.39, 0.29) is 79.5 Å². The standard InChI is InChI=1S/C38H61N3O11S.C35H45N2O.C13H14N2O2.C11H12N2O2.C9H14N2O.ClH/c1-33(2)32-37(42)14-16-46-18-20-48-22-24-50-26-28-52-30-29-51-27-25-49-23-21-47-19-17-45-15-5-31-53(43,44)38-12-8-35(9-13-38)40-39-34-6-10-36(11-7-34)41(3)4;1-26(2)31(38)22-10-9-17-25-37-30-21-16-14-19-28(30)35(5,6)33(37)24-12-8-11-23-32-34(3,4)27-18-13-15-20-29(27)36(32)7;1-13(2,3)11(16)10-12(17)15-9-7-5-4-6-8(9)14-10;1-11(2,3)10(14)7-4-5-8-9(6-7)13-15-12-8;1-6-5-7(11-10-6)8(12)9(2,3)4;/h6-13,33H,5,14-32H2,1-4H3;8,11-16,18-21,23-24,26H,9-10,17,22,25H2,1-7H3;4-7H,1-3H3,(H,15,17);4-6H,1-3H3;5H,1-4H3,(H,10,11);1H/q;+1;;;;/p-1. The summed E-state index contributed by atoms with van der Waals surface area (Å²) < 4.78 is 76.0. The van der Waals surface area contributed by atoms with Crippen LogP contribution in [-0.2, 0) is 68.2 Å². The number of rotatable bonds is 47. The Bertz CT molecular complexity index is 5600. The number of aromatic nitrogens is 6. The van der Waals surface area contributed by atoms with Crippen molar-refractivity contribution in [2.45, 2.75) is 185 Å². The molecule has 2 N–H and O–H groups in total. The summed E-state index contributed by atoms with van der Waals surface area (Å²) >= 11 is 0. The third-order valence-corrected chi connectivity index (χ3v) is 23.9. The quantitative estimate of drug-likeness (QED) is 0.0118. The zero-order valence-electron chi connectivity index (χ0n) is 83.8. The summed E-state index contributed by atoms with van der Waals surface area (Å²) in [5.74, 6) is 1.06. The molecule has 9 aromatic rings. The van der Waals surface area contributed by atoms with Crippen molar-refractivity contribution in [3.05, 3.63) is 226 Å². The number of halogens is 1. The molecule has 0 fully saturated rings. The summed E-state index contributed by atoms with van der Waals surface area (Å²) in [6.07, 6.45) is 16.3. The molecule has 0 spiro atoms. The highest BCUT2D eigenvalue weighted by atomic mass is 35.5. The number of sulfone groups is 1. The number of aryl methyl sites for hydroxylation is 1. The summed E-state index contributed by atoms with van der Waals surface area (Å²) in [5, 5.41) is 22.5. The normalized spacial score (nSPS) is 13.7. The molecule has 136 heavy (non-hydrogen) atoms. The predicted molar refractivity (Wildman–Crippen MR) is 534 cm³/mol. The molecule has 0 radical (unpaired) electrons. The topological polar surface area (TPSA) is 341 Å². The number of unbranched alkanes of at least 4 members (excludes halogenated alkanes) is 2. The van der Waals surface area contributed by atoms with Crippen LogP contribution in [0.5, 0.6) is 0 Å². The highest BCUT2D eigenvalue weighted by Gasteiger charge is 2.43. The van der Waals surface area contributed by atoms with Crippen LogP contribution in [0.25, 0.3) is 22.1 Å². The first-order valence-corrected chi connectivity index (χ1v) is 48.4. The molecule has 2 aliphatic rings. The molecule has 28 nitrogen and oxygen atoms in total. The van der Waals surface area contributed by atoms with Crippen LogP contribution >= 0.6 is 0 Å².